The molecule has 6 aromatic rings. The van der Waals surface area contributed by atoms with Crippen LogP contribution in [0.5, 0.6) is 0 Å². The Morgan fingerprint density at radius 2 is 1.97 bits per heavy atom. The first-order chi connectivity index (χ1) is 15.5. The van der Waals surface area contributed by atoms with Gasteiger partial charge < -0.3 is 14.0 Å². The molecular formula is C25H16FN3O2S. The van der Waals surface area contributed by atoms with Gasteiger partial charge in [-0.05, 0) is 54.3 Å². The van der Waals surface area contributed by atoms with Crippen molar-refractivity contribution in [1.29, 1.82) is 0 Å². The number of hydrogen-bond donors (Lipinski definition) is 1. The minimum Gasteiger partial charge on any atom is -0.402 e. The average molecular weight is 441 g/mol. The number of rotatable bonds is 2. The van der Waals surface area contributed by atoms with E-state index < -0.39 is 5.63 Å². The fourth-order valence-corrected chi connectivity index (χ4v) is 4.64. The first kappa shape index (κ1) is 18.9. The molecule has 0 aliphatic heterocycles. The monoisotopic (exact) mass is 441 g/mol. The third-order valence-corrected chi connectivity index (χ3v) is 6.29. The lowest BCUT2D eigenvalue weighted by atomic mass is 10.1. The van der Waals surface area contributed by atoms with E-state index in [1.165, 1.54) is 6.07 Å². The van der Waals surface area contributed by atoms with Gasteiger partial charge in [-0.1, -0.05) is 30.4 Å². The number of nitrogens with one attached hydrogen (secondary N) is 1. The Kier molecular flexibility index (Phi) is 4.03. The SMILES string of the molecule is Cc1cc2c3c4cccnc4oc(=O)c3n(Cc3cc4ccccc4[nH]c3=S)c2cc1F. The highest BCUT2D eigenvalue weighted by Crippen LogP contribution is 2.34. The van der Waals surface area contributed by atoms with E-state index in [2.05, 4.69) is 9.97 Å². The predicted molar refractivity (Wildman–Crippen MR) is 126 cm³/mol. The maximum absolute atomic E-state index is 14.6. The van der Waals surface area contributed by atoms with Gasteiger partial charge in [-0.3, -0.25) is 0 Å². The van der Waals surface area contributed by atoms with E-state index in [0.29, 0.717) is 38.6 Å². The molecule has 0 amide bonds. The van der Waals surface area contributed by atoms with Gasteiger partial charge in [0.15, 0.2) is 0 Å². The third-order valence-electron chi connectivity index (χ3n) is 5.93. The van der Waals surface area contributed by atoms with Crippen molar-refractivity contribution in [2.45, 2.75) is 13.5 Å². The van der Waals surface area contributed by atoms with E-state index in [4.69, 9.17) is 16.6 Å². The van der Waals surface area contributed by atoms with E-state index in [1.807, 2.05) is 36.4 Å². The minimum absolute atomic E-state index is 0.258. The molecule has 6 rings (SSSR count). The molecule has 7 heteroatoms. The second kappa shape index (κ2) is 6.83. The Morgan fingerprint density at radius 1 is 1.12 bits per heavy atom. The predicted octanol–water partition coefficient (Wildman–Crippen LogP) is 6.00. The number of benzene rings is 2. The van der Waals surface area contributed by atoms with Gasteiger partial charge in [-0.2, -0.15) is 0 Å². The zero-order chi connectivity index (χ0) is 22.0. The fourth-order valence-electron chi connectivity index (χ4n) is 4.41. The molecule has 0 saturated heterocycles. The van der Waals surface area contributed by atoms with Gasteiger partial charge in [0.1, 0.15) is 16.0 Å². The average Bonchev–Trinajstić information content (AvgIpc) is 3.08. The van der Waals surface area contributed by atoms with E-state index in [9.17, 15) is 9.18 Å². The van der Waals surface area contributed by atoms with Crippen LogP contribution in [0.2, 0.25) is 0 Å². The number of aryl methyl sites for hydroxylation is 1. The van der Waals surface area contributed by atoms with Gasteiger partial charge in [-0.15, -0.1) is 0 Å². The number of para-hydroxylation sites is 1. The number of halogens is 1. The number of hydrogen-bond acceptors (Lipinski definition) is 4. The molecule has 0 fully saturated rings. The molecule has 4 heterocycles. The Hall–Kier alpha value is -3.84. The van der Waals surface area contributed by atoms with Gasteiger partial charge >= 0.3 is 5.63 Å². The highest BCUT2D eigenvalue weighted by Gasteiger charge is 2.20. The van der Waals surface area contributed by atoms with Crippen LogP contribution in [0.15, 0.2) is 70.0 Å². The van der Waals surface area contributed by atoms with Crippen molar-refractivity contribution in [3.8, 4) is 0 Å². The maximum Gasteiger partial charge on any atom is 0.362 e. The molecule has 1 N–H and O–H groups in total. The second-order valence-corrected chi connectivity index (χ2v) is 8.29. The quantitative estimate of drug-likeness (QED) is 0.335. The minimum atomic E-state index is -0.517. The zero-order valence-electron chi connectivity index (χ0n) is 17.0. The number of aromatic amines is 1. The molecule has 0 saturated carbocycles. The number of fused-ring (bicyclic) bond motifs is 6. The summed E-state index contributed by atoms with van der Waals surface area (Å²) in [6.07, 6.45) is 1.58. The lowest BCUT2D eigenvalue weighted by molar-refractivity contribution is 0.553. The molecule has 0 aliphatic carbocycles. The molecule has 0 radical (unpaired) electrons. The molecule has 0 unspecified atom stereocenters. The summed E-state index contributed by atoms with van der Waals surface area (Å²) in [6.45, 7) is 2.00. The van der Waals surface area contributed by atoms with Crippen molar-refractivity contribution in [3.63, 3.8) is 0 Å². The number of pyridine rings is 2. The summed E-state index contributed by atoms with van der Waals surface area (Å²) in [4.78, 5) is 20.5. The molecule has 156 valence electrons. The fraction of sp³-hybridized carbons (Fsp3) is 0.0800. The van der Waals surface area contributed by atoms with Gasteiger partial charge in [0, 0.05) is 33.4 Å². The van der Waals surface area contributed by atoms with Crippen LogP contribution in [-0.4, -0.2) is 14.5 Å². The largest absolute Gasteiger partial charge is 0.402 e. The van der Waals surface area contributed by atoms with Crippen LogP contribution < -0.4 is 5.63 Å². The summed E-state index contributed by atoms with van der Waals surface area (Å²) in [7, 11) is 0. The maximum atomic E-state index is 14.6. The van der Waals surface area contributed by atoms with Crippen molar-refractivity contribution in [3.05, 3.63) is 92.8 Å². The number of H-pyrrole nitrogens is 1. The van der Waals surface area contributed by atoms with Gasteiger partial charge in [0.2, 0.25) is 5.71 Å². The van der Waals surface area contributed by atoms with Crippen LogP contribution in [-0.2, 0) is 6.54 Å². The van der Waals surface area contributed by atoms with Crippen molar-refractivity contribution < 1.29 is 8.81 Å². The van der Waals surface area contributed by atoms with E-state index >= 15 is 0 Å². The topological polar surface area (TPSA) is 63.8 Å². The smallest absolute Gasteiger partial charge is 0.362 e. The van der Waals surface area contributed by atoms with Gasteiger partial charge in [0.25, 0.3) is 0 Å². The highest BCUT2D eigenvalue weighted by atomic mass is 32.1. The first-order valence-electron chi connectivity index (χ1n) is 10.1. The number of aromatic nitrogens is 3. The lowest BCUT2D eigenvalue weighted by Gasteiger charge is -2.09. The Balaban J connectivity index is 1.74. The summed E-state index contributed by atoms with van der Waals surface area (Å²) in [5.74, 6) is -0.336. The summed E-state index contributed by atoms with van der Waals surface area (Å²) in [5, 5.41) is 3.19. The van der Waals surface area contributed by atoms with E-state index in [0.717, 1.165) is 21.9 Å². The standard InChI is InChI=1S/C25H16FN3O2S/c1-13-9-17-20(11-18(13)26)29(12-15-10-14-5-2-3-7-19(14)28-24(15)32)22-21(17)16-6-4-8-27-23(16)31-25(22)30/h2-11H,12H2,1H3,(H,28,32). The molecule has 2 aromatic carbocycles. The van der Waals surface area contributed by atoms with Crippen molar-refractivity contribution >= 4 is 56.0 Å². The van der Waals surface area contributed by atoms with E-state index in [-0.39, 0.29) is 11.5 Å². The molecule has 5 nitrogen and oxygen atoms in total. The van der Waals surface area contributed by atoms with Crippen LogP contribution in [0, 0.1) is 17.4 Å². The highest BCUT2D eigenvalue weighted by molar-refractivity contribution is 7.71. The molecule has 0 aliphatic rings. The van der Waals surface area contributed by atoms with Crippen LogP contribution in [0.4, 0.5) is 4.39 Å². The third kappa shape index (κ3) is 2.71. The van der Waals surface area contributed by atoms with Gasteiger partial charge in [0.05, 0.1) is 12.1 Å². The Bertz CT molecular complexity index is 1830. The summed E-state index contributed by atoms with van der Waals surface area (Å²) in [5.41, 5.74) is 2.98. The second-order valence-electron chi connectivity index (χ2n) is 7.88. The van der Waals surface area contributed by atoms with Crippen molar-refractivity contribution in [1.82, 2.24) is 14.5 Å². The van der Waals surface area contributed by atoms with E-state index in [1.54, 1.807) is 29.8 Å². The zero-order valence-corrected chi connectivity index (χ0v) is 17.8. The summed E-state index contributed by atoms with van der Waals surface area (Å²) >= 11 is 5.60. The summed E-state index contributed by atoms with van der Waals surface area (Å²) in [6, 6.07) is 16.7. The van der Waals surface area contributed by atoms with Crippen molar-refractivity contribution in [2.24, 2.45) is 0 Å². The van der Waals surface area contributed by atoms with Crippen molar-refractivity contribution in [2.75, 3.05) is 0 Å². The van der Waals surface area contributed by atoms with Crippen LogP contribution >= 0.6 is 12.2 Å². The first-order valence-corrected chi connectivity index (χ1v) is 10.5. The molecule has 0 spiro atoms. The van der Waals surface area contributed by atoms with Crippen LogP contribution in [0.25, 0.3) is 43.8 Å². The number of nitrogens with zero attached hydrogens (tertiary/aromatic N) is 2. The van der Waals surface area contributed by atoms with Gasteiger partial charge in [-0.25, -0.2) is 14.2 Å². The van der Waals surface area contributed by atoms with Crippen LogP contribution in [0.1, 0.15) is 11.1 Å². The Morgan fingerprint density at radius 3 is 2.84 bits per heavy atom. The molecule has 0 atom stereocenters. The molecule has 32 heavy (non-hydrogen) atoms. The molecule has 4 aromatic heterocycles. The normalized spacial score (nSPS) is 11.8. The van der Waals surface area contributed by atoms with Crippen LogP contribution in [0.3, 0.4) is 0 Å². The lowest BCUT2D eigenvalue weighted by Crippen LogP contribution is -2.09. The summed E-state index contributed by atoms with van der Waals surface area (Å²) < 4.78 is 22.5. The molecular weight excluding hydrogens is 425 g/mol. The Labute approximate surface area is 185 Å². The molecule has 0 bridgehead atoms.